The molecular weight excluding hydrogens is 466 g/mol. The van der Waals surface area contributed by atoms with Crippen LogP contribution in [0.15, 0.2) is 47.2 Å². The standard InChI is InChI=1S/C25H29F4N3O3/c1-6-16(2)13-32(5)18(4)10-23(31-15-33)34-14-19-9-17(3)24(21(26)11-19)35-20-7-8-30-22(12-20)25(27,28)29/h7-12,15-16H,6,13-14H2,1-5H3/b18-10-,31-23?. The van der Waals surface area contributed by atoms with Crippen molar-refractivity contribution in [3.05, 3.63) is 64.9 Å². The van der Waals surface area contributed by atoms with Gasteiger partial charge in [-0.2, -0.15) is 18.2 Å². The molecule has 0 saturated carbocycles. The Hall–Kier alpha value is -3.43. The summed E-state index contributed by atoms with van der Waals surface area (Å²) in [6, 6.07) is 4.64. The van der Waals surface area contributed by atoms with Crippen molar-refractivity contribution in [2.24, 2.45) is 10.9 Å². The summed E-state index contributed by atoms with van der Waals surface area (Å²) in [6.45, 7) is 8.40. The Bertz CT molecular complexity index is 1060. The van der Waals surface area contributed by atoms with Gasteiger partial charge in [0.2, 0.25) is 12.3 Å². The summed E-state index contributed by atoms with van der Waals surface area (Å²) < 4.78 is 64.4. The van der Waals surface area contributed by atoms with Crippen LogP contribution in [-0.4, -0.2) is 35.8 Å². The van der Waals surface area contributed by atoms with E-state index in [9.17, 15) is 22.4 Å². The lowest BCUT2D eigenvalue weighted by atomic mass is 10.1. The Morgan fingerprint density at radius 2 is 2.00 bits per heavy atom. The molecule has 2 aromatic rings. The van der Waals surface area contributed by atoms with Crippen LogP contribution in [0.3, 0.4) is 0 Å². The first kappa shape index (κ1) is 27.8. The molecule has 1 atom stereocenters. The number of hydrogen-bond donors (Lipinski definition) is 0. The van der Waals surface area contributed by atoms with Crippen molar-refractivity contribution in [2.75, 3.05) is 13.6 Å². The van der Waals surface area contributed by atoms with Crippen LogP contribution >= 0.6 is 0 Å². The lowest BCUT2D eigenvalue weighted by molar-refractivity contribution is -0.141. The average Bonchev–Trinajstić information content (AvgIpc) is 2.79. The second-order valence-electron chi connectivity index (χ2n) is 8.24. The number of pyridine rings is 1. The maximum atomic E-state index is 14.8. The number of alkyl halides is 3. The molecular formula is C25H29F4N3O3. The third-order valence-corrected chi connectivity index (χ3v) is 5.31. The van der Waals surface area contributed by atoms with Crippen molar-refractivity contribution in [3.63, 3.8) is 0 Å². The van der Waals surface area contributed by atoms with Crippen molar-refractivity contribution >= 4 is 12.3 Å². The Kier molecular flexibility index (Phi) is 9.79. The van der Waals surface area contributed by atoms with Gasteiger partial charge in [-0.05, 0) is 49.1 Å². The van der Waals surface area contributed by atoms with Gasteiger partial charge < -0.3 is 14.4 Å². The minimum atomic E-state index is -4.65. The molecule has 2 rings (SSSR count). The van der Waals surface area contributed by atoms with Gasteiger partial charge in [-0.25, -0.2) is 4.39 Å². The Balaban J connectivity index is 2.15. The summed E-state index contributed by atoms with van der Waals surface area (Å²) in [7, 11) is 1.93. The van der Waals surface area contributed by atoms with E-state index in [4.69, 9.17) is 9.47 Å². The van der Waals surface area contributed by atoms with Crippen LogP contribution in [0.5, 0.6) is 11.5 Å². The normalized spacial score (nSPS) is 13.4. The summed E-state index contributed by atoms with van der Waals surface area (Å²) in [5, 5.41) is 0. The third-order valence-electron chi connectivity index (χ3n) is 5.31. The molecule has 1 heterocycles. The molecule has 0 spiro atoms. The van der Waals surface area contributed by atoms with E-state index in [1.54, 1.807) is 19.1 Å². The zero-order valence-corrected chi connectivity index (χ0v) is 20.3. The quantitative estimate of drug-likeness (QED) is 0.168. The molecule has 0 radical (unpaired) electrons. The molecule has 190 valence electrons. The zero-order chi connectivity index (χ0) is 26.2. The van der Waals surface area contributed by atoms with Crippen LogP contribution in [0.4, 0.5) is 17.6 Å². The molecule has 0 aliphatic rings. The number of hydrogen-bond acceptors (Lipinski definition) is 5. The lowest BCUT2D eigenvalue weighted by Crippen LogP contribution is -2.23. The van der Waals surface area contributed by atoms with Gasteiger partial charge >= 0.3 is 6.18 Å². The zero-order valence-electron chi connectivity index (χ0n) is 20.3. The van der Waals surface area contributed by atoms with Gasteiger partial charge in [-0.15, -0.1) is 0 Å². The van der Waals surface area contributed by atoms with E-state index < -0.39 is 17.7 Å². The summed E-state index contributed by atoms with van der Waals surface area (Å²) in [4.78, 5) is 19.9. The van der Waals surface area contributed by atoms with Gasteiger partial charge in [0.05, 0.1) is 0 Å². The first-order chi connectivity index (χ1) is 16.4. The lowest BCUT2D eigenvalue weighted by Gasteiger charge is -2.23. The van der Waals surface area contributed by atoms with E-state index in [1.807, 2.05) is 18.9 Å². The number of allylic oxidation sites excluding steroid dienone is 1. The summed E-state index contributed by atoms with van der Waals surface area (Å²) >= 11 is 0. The number of halogens is 4. The van der Waals surface area contributed by atoms with Crippen LogP contribution < -0.4 is 4.74 Å². The molecule has 35 heavy (non-hydrogen) atoms. The fourth-order valence-corrected chi connectivity index (χ4v) is 3.12. The van der Waals surface area contributed by atoms with Crippen LogP contribution in [0.1, 0.15) is 44.0 Å². The molecule has 10 heteroatoms. The van der Waals surface area contributed by atoms with E-state index in [-0.39, 0.29) is 24.0 Å². The summed E-state index contributed by atoms with van der Waals surface area (Å²) in [5.74, 6) is -0.626. The highest BCUT2D eigenvalue weighted by atomic mass is 19.4. The highest BCUT2D eigenvalue weighted by Gasteiger charge is 2.32. The summed E-state index contributed by atoms with van der Waals surface area (Å²) in [6.07, 6.45) is -0.694. The predicted molar refractivity (Wildman–Crippen MR) is 125 cm³/mol. The molecule has 1 aromatic carbocycles. The molecule has 1 amide bonds. The van der Waals surface area contributed by atoms with Crippen molar-refractivity contribution in [2.45, 2.75) is 46.9 Å². The number of nitrogens with zero attached hydrogens (tertiary/aromatic N) is 3. The highest BCUT2D eigenvalue weighted by molar-refractivity contribution is 5.92. The summed E-state index contributed by atoms with van der Waals surface area (Å²) in [5.41, 5.74) is 0.476. The molecule has 0 bridgehead atoms. The van der Waals surface area contributed by atoms with E-state index in [0.717, 1.165) is 30.9 Å². The minimum Gasteiger partial charge on any atom is -0.473 e. The number of ether oxygens (including phenoxy) is 2. The Morgan fingerprint density at radius 3 is 2.60 bits per heavy atom. The largest absolute Gasteiger partial charge is 0.473 e. The SMILES string of the molecule is CCC(C)CN(C)/C(C)=C\C(=NC=O)OCc1cc(C)c(Oc2ccnc(C(F)(F)F)c2)c(F)c1. The molecule has 0 saturated heterocycles. The Morgan fingerprint density at radius 1 is 1.29 bits per heavy atom. The van der Waals surface area contributed by atoms with Crippen molar-refractivity contribution in [1.29, 1.82) is 0 Å². The first-order valence-electron chi connectivity index (χ1n) is 11.0. The number of carbonyl (C=O) groups excluding carboxylic acids is 1. The number of aliphatic imine (C=N–C) groups is 1. The van der Waals surface area contributed by atoms with Crippen molar-refractivity contribution in [1.82, 2.24) is 9.88 Å². The number of rotatable bonds is 10. The first-order valence-corrected chi connectivity index (χ1v) is 11.0. The third kappa shape index (κ3) is 8.38. The maximum Gasteiger partial charge on any atom is 0.433 e. The second kappa shape index (κ2) is 12.3. The fourth-order valence-electron chi connectivity index (χ4n) is 3.12. The second-order valence-corrected chi connectivity index (χ2v) is 8.24. The van der Waals surface area contributed by atoms with Gasteiger partial charge in [0, 0.05) is 37.6 Å². The van der Waals surface area contributed by atoms with Crippen LogP contribution in [0.25, 0.3) is 0 Å². The topological polar surface area (TPSA) is 64.0 Å². The minimum absolute atomic E-state index is 0.0726. The van der Waals surface area contributed by atoms with Crippen LogP contribution in [0.2, 0.25) is 0 Å². The maximum absolute atomic E-state index is 14.8. The molecule has 0 aliphatic carbocycles. The number of carbonyl (C=O) groups is 1. The van der Waals surface area contributed by atoms with E-state index in [0.29, 0.717) is 29.5 Å². The highest BCUT2D eigenvalue weighted by Crippen LogP contribution is 2.33. The number of aryl methyl sites for hydroxylation is 1. The van der Waals surface area contributed by atoms with E-state index in [2.05, 4.69) is 23.8 Å². The van der Waals surface area contributed by atoms with Gasteiger partial charge in [0.1, 0.15) is 18.1 Å². The predicted octanol–water partition coefficient (Wildman–Crippen LogP) is 6.29. The molecule has 1 unspecified atom stereocenters. The number of aromatic nitrogens is 1. The Labute approximate surface area is 202 Å². The van der Waals surface area contributed by atoms with E-state index in [1.165, 1.54) is 6.07 Å². The average molecular weight is 496 g/mol. The van der Waals surface area contributed by atoms with Crippen LogP contribution in [0, 0.1) is 18.7 Å². The number of benzene rings is 1. The molecule has 0 aliphatic heterocycles. The van der Waals surface area contributed by atoms with Crippen LogP contribution in [-0.2, 0) is 22.3 Å². The smallest absolute Gasteiger partial charge is 0.433 e. The van der Waals surface area contributed by atoms with Gasteiger partial charge in [-0.3, -0.25) is 9.78 Å². The van der Waals surface area contributed by atoms with Crippen molar-refractivity contribution in [3.8, 4) is 11.5 Å². The van der Waals surface area contributed by atoms with E-state index >= 15 is 0 Å². The molecule has 6 nitrogen and oxygen atoms in total. The monoisotopic (exact) mass is 495 g/mol. The van der Waals surface area contributed by atoms with Crippen molar-refractivity contribution < 1.29 is 31.8 Å². The molecule has 1 aromatic heterocycles. The van der Waals surface area contributed by atoms with Gasteiger partial charge in [0.15, 0.2) is 11.6 Å². The molecule has 0 fully saturated rings. The van der Waals surface area contributed by atoms with Gasteiger partial charge in [-0.1, -0.05) is 20.3 Å². The molecule has 0 N–H and O–H groups in total. The fraction of sp³-hybridized carbons (Fsp3) is 0.400. The number of amides is 1. The van der Waals surface area contributed by atoms with Gasteiger partial charge in [0.25, 0.3) is 0 Å².